The first-order valence-electron chi connectivity index (χ1n) is 9.38. The molecule has 0 amide bonds. The van der Waals surface area contributed by atoms with Gasteiger partial charge in [-0.3, -0.25) is 0 Å². The molecule has 1 unspecified atom stereocenters. The third-order valence-corrected chi connectivity index (χ3v) is 7.83. The van der Waals surface area contributed by atoms with Crippen LogP contribution in [0.2, 0.25) is 0 Å². The van der Waals surface area contributed by atoms with Crippen LogP contribution in [0.1, 0.15) is 12.8 Å². The Morgan fingerprint density at radius 1 is 0.963 bits per heavy atom. The molecule has 2 saturated heterocycles. The first-order valence-corrected chi connectivity index (χ1v) is 11.4. The maximum Gasteiger partial charge on any atom is 0.152 e. The normalized spacial score (nSPS) is 21.6. The molecule has 27 heavy (non-hydrogen) atoms. The van der Waals surface area contributed by atoms with Gasteiger partial charge < -0.3 is 14.5 Å². The number of morpholine rings is 1. The first kappa shape index (κ1) is 17.5. The molecule has 0 N–H and O–H groups in total. The summed E-state index contributed by atoms with van der Waals surface area (Å²) in [5.41, 5.74) is 2.43. The van der Waals surface area contributed by atoms with Gasteiger partial charge in [0, 0.05) is 47.0 Å². The fourth-order valence-corrected chi connectivity index (χ4v) is 5.98. The van der Waals surface area contributed by atoms with Gasteiger partial charge in [0.25, 0.3) is 0 Å². The topological polar surface area (TPSA) is 28.1 Å². The molecule has 2 aromatic rings. The van der Waals surface area contributed by atoms with Crippen molar-refractivity contribution in [2.24, 2.45) is 4.99 Å². The van der Waals surface area contributed by atoms with E-state index in [4.69, 9.17) is 15.4 Å². The molecule has 5 rings (SSSR count). The minimum atomic E-state index is -0.722. The Bertz CT molecular complexity index is 1020. The molecule has 142 valence electrons. The quantitative estimate of drug-likeness (QED) is 0.699. The molecule has 0 saturated carbocycles. The highest BCUT2D eigenvalue weighted by Crippen LogP contribution is 2.45. The van der Waals surface area contributed by atoms with Gasteiger partial charge in [-0.15, -0.1) is 0 Å². The third-order valence-electron chi connectivity index (χ3n) is 5.42. The van der Waals surface area contributed by atoms with Crippen molar-refractivity contribution in [1.82, 2.24) is 0 Å². The number of hydrogen-bond acceptors (Lipinski definition) is 4. The van der Waals surface area contributed by atoms with Crippen LogP contribution < -0.4 is 15.2 Å². The lowest BCUT2D eigenvalue weighted by Gasteiger charge is -2.29. The van der Waals surface area contributed by atoms with Gasteiger partial charge in [0.2, 0.25) is 0 Å². The van der Waals surface area contributed by atoms with Gasteiger partial charge >= 0.3 is 0 Å². The number of anilines is 2. The summed E-state index contributed by atoms with van der Waals surface area (Å²) in [4.78, 5) is 9.91. The molecule has 3 aliphatic rings. The lowest BCUT2D eigenvalue weighted by Crippen LogP contribution is -2.36. The van der Waals surface area contributed by atoms with Crippen LogP contribution in [0.3, 0.4) is 0 Å². The maximum absolute atomic E-state index is 14.9. The van der Waals surface area contributed by atoms with Gasteiger partial charge in [0.15, 0.2) is 5.82 Å². The zero-order valence-corrected chi connectivity index (χ0v) is 16.5. The van der Waals surface area contributed by atoms with Crippen LogP contribution in [0.5, 0.6) is 0 Å². The second-order valence-electron chi connectivity index (χ2n) is 7.09. The van der Waals surface area contributed by atoms with E-state index in [0.717, 1.165) is 46.6 Å². The van der Waals surface area contributed by atoms with E-state index >= 15 is 0 Å². The van der Waals surface area contributed by atoms with E-state index in [1.54, 1.807) is 6.07 Å². The standard InChI is InChI=1S/C20H21ClFN3OS/c21-27-18-12-14(24-5-1-2-6-24)3-4-17(18)23-20-16(22)11-15(13-19(20)27)25-7-9-26-10-8-25/h3-4,11-13H,1-2,5-10H2. The first-order chi connectivity index (χ1) is 13.2. The van der Waals surface area contributed by atoms with Crippen LogP contribution in [0.25, 0.3) is 0 Å². The molecular formula is C20H21ClFN3OS. The number of fused-ring (bicyclic) bond motifs is 2. The minimum absolute atomic E-state index is 0.304. The number of hydrogen-bond donors (Lipinski definition) is 0. The molecule has 3 aliphatic heterocycles. The van der Waals surface area contributed by atoms with Crippen molar-refractivity contribution in [3.8, 4) is 0 Å². The minimum Gasteiger partial charge on any atom is -0.378 e. The number of ether oxygens (including phenoxy) is 1. The van der Waals surface area contributed by atoms with E-state index in [-0.39, 0.29) is 5.82 Å². The predicted molar refractivity (Wildman–Crippen MR) is 109 cm³/mol. The summed E-state index contributed by atoms with van der Waals surface area (Å²) in [5, 5.41) is 0.779. The van der Waals surface area contributed by atoms with E-state index in [0.29, 0.717) is 18.9 Å². The summed E-state index contributed by atoms with van der Waals surface area (Å²) < 4.78 is 21.3. The summed E-state index contributed by atoms with van der Waals surface area (Å²) >= 11 is 0. The Morgan fingerprint density at radius 2 is 1.70 bits per heavy atom. The van der Waals surface area contributed by atoms with Crippen molar-refractivity contribution in [2.45, 2.75) is 17.7 Å². The average Bonchev–Trinajstić information content (AvgIpc) is 3.24. The van der Waals surface area contributed by atoms with Gasteiger partial charge in [-0.1, -0.05) is 9.70 Å². The van der Waals surface area contributed by atoms with E-state index in [1.807, 2.05) is 12.1 Å². The molecule has 0 aromatic heterocycles. The highest BCUT2D eigenvalue weighted by Gasteiger charge is 2.21. The zero-order valence-electron chi connectivity index (χ0n) is 15.0. The molecule has 2 fully saturated rings. The van der Waals surface area contributed by atoms with Crippen LogP contribution in [0, 0.1) is 10.3 Å². The van der Waals surface area contributed by atoms with Crippen LogP contribution in [-0.4, -0.2) is 39.4 Å². The molecular weight excluding hydrogens is 385 g/mol. The fraction of sp³-hybridized carbons (Fsp3) is 0.400. The Hall–Kier alpha value is -1.63. The molecule has 2 aromatic carbocycles. The number of rotatable bonds is 2. The lowest BCUT2D eigenvalue weighted by molar-refractivity contribution is 0.122. The molecule has 0 aliphatic carbocycles. The van der Waals surface area contributed by atoms with Gasteiger partial charge in [-0.05, 0) is 53.9 Å². The van der Waals surface area contributed by atoms with Crippen molar-refractivity contribution in [3.05, 3.63) is 46.0 Å². The summed E-state index contributed by atoms with van der Waals surface area (Å²) in [6.45, 7) is 5.02. The smallest absolute Gasteiger partial charge is 0.152 e. The monoisotopic (exact) mass is 405 g/mol. The van der Waals surface area contributed by atoms with Crippen LogP contribution in [0.15, 0.2) is 40.2 Å². The van der Waals surface area contributed by atoms with E-state index in [1.165, 1.54) is 18.5 Å². The molecule has 3 heterocycles. The summed E-state index contributed by atoms with van der Waals surface area (Å²) in [7, 11) is 6.16. The molecule has 4 nitrogen and oxygen atoms in total. The van der Waals surface area contributed by atoms with Crippen LogP contribution in [0.4, 0.5) is 21.5 Å². The summed E-state index contributed by atoms with van der Waals surface area (Å²) in [5.74, 6) is -0.304. The van der Waals surface area contributed by atoms with E-state index in [9.17, 15) is 4.39 Å². The van der Waals surface area contributed by atoms with E-state index < -0.39 is 9.70 Å². The van der Waals surface area contributed by atoms with Gasteiger partial charge in [0.05, 0.1) is 18.6 Å². The molecule has 7 heteroatoms. The Kier molecular flexibility index (Phi) is 4.58. The molecule has 1 atom stereocenters. The molecule has 0 bridgehead atoms. The highest BCUT2D eigenvalue weighted by atomic mass is 35.7. The van der Waals surface area contributed by atoms with Crippen molar-refractivity contribution >= 4 is 37.4 Å². The van der Waals surface area contributed by atoms with Crippen molar-refractivity contribution in [1.29, 1.82) is 0 Å². The summed E-state index contributed by atoms with van der Waals surface area (Å²) in [6.07, 6.45) is 2.45. The zero-order chi connectivity index (χ0) is 18.4. The second kappa shape index (κ2) is 7.08. The number of nitrogens with zero attached hydrogens (tertiary/aromatic N) is 3. The predicted octanol–water partition coefficient (Wildman–Crippen LogP) is 4.26. The second-order valence-corrected chi connectivity index (χ2v) is 9.41. The SMILES string of the molecule is Fc1cc(N2CCOCC2)cc2c1N=c1ccc(N3CCCC3)cc1=S2Cl. The lowest BCUT2D eigenvalue weighted by atomic mass is 10.2. The summed E-state index contributed by atoms with van der Waals surface area (Å²) in [6, 6.07) is 9.78. The maximum atomic E-state index is 14.9. The van der Waals surface area contributed by atoms with Crippen molar-refractivity contribution in [2.75, 3.05) is 49.2 Å². The van der Waals surface area contributed by atoms with E-state index in [2.05, 4.69) is 26.9 Å². The average molecular weight is 406 g/mol. The molecule has 0 radical (unpaired) electrons. The Labute approximate surface area is 164 Å². The Morgan fingerprint density at radius 3 is 2.48 bits per heavy atom. The van der Waals surface area contributed by atoms with Gasteiger partial charge in [0.1, 0.15) is 5.69 Å². The van der Waals surface area contributed by atoms with Crippen LogP contribution in [-0.2, 0) is 4.74 Å². The number of halogens is 2. The fourth-order valence-electron chi connectivity index (χ4n) is 3.96. The third kappa shape index (κ3) is 3.13. The number of benzene rings is 2. The molecule has 0 spiro atoms. The highest BCUT2D eigenvalue weighted by molar-refractivity contribution is 8.29. The van der Waals surface area contributed by atoms with Crippen LogP contribution >= 0.6 is 20.4 Å². The van der Waals surface area contributed by atoms with Gasteiger partial charge in [-0.25, -0.2) is 9.38 Å². The largest absolute Gasteiger partial charge is 0.378 e. The van der Waals surface area contributed by atoms with Gasteiger partial charge in [-0.2, -0.15) is 0 Å². The van der Waals surface area contributed by atoms with Crippen molar-refractivity contribution in [3.63, 3.8) is 0 Å². The van der Waals surface area contributed by atoms with Crippen molar-refractivity contribution < 1.29 is 9.13 Å². The Balaban J connectivity index is 1.62.